The van der Waals surface area contributed by atoms with Crippen LogP contribution in [0.2, 0.25) is 0 Å². The lowest BCUT2D eigenvalue weighted by Crippen LogP contribution is -2.40. The summed E-state index contributed by atoms with van der Waals surface area (Å²) in [6, 6.07) is 0.0766. The van der Waals surface area contributed by atoms with E-state index in [1.165, 1.54) is 0 Å². The summed E-state index contributed by atoms with van der Waals surface area (Å²) in [6.45, 7) is 2.04. The molecule has 0 aromatic carbocycles. The SMILES string of the molecule is C=PCC(N)C(N)[P+](=C)C. The van der Waals surface area contributed by atoms with Crippen molar-refractivity contribution in [2.24, 2.45) is 11.5 Å². The van der Waals surface area contributed by atoms with Gasteiger partial charge in [0.1, 0.15) is 7.55 Å². The van der Waals surface area contributed by atoms with Crippen LogP contribution in [0.15, 0.2) is 0 Å². The van der Waals surface area contributed by atoms with Crippen molar-refractivity contribution < 1.29 is 0 Å². The van der Waals surface area contributed by atoms with Crippen LogP contribution in [0.25, 0.3) is 0 Å². The zero-order chi connectivity index (χ0) is 8.15. The molecular weight excluding hydrogens is 162 g/mol. The van der Waals surface area contributed by atoms with E-state index in [9.17, 15) is 0 Å². The third-order valence-electron chi connectivity index (χ3n) is 1.29. The first-order valence-corrected chi connectivity index (χ1v) is 6.37. The second-order valence-corrected chi connectivity index (χ2v) is 5.24. The molecule has 0 aromatic rings. The molecule has 0 heterocycles. The predicted molar refractivity (Wildman–Crippen MR) is 54.8 cm³/mol. The van der Waals surface area contributed by atoms with Gasteiger partial charge >= 0.3 is 0 Å². The molecular formula is C6H15N2P2+. The molecule has 0 radical (unpaired) electrons. The van der Waals surface area contributed by atoms with Crippen LogP contribution >= 0.6 is 15.7 Å². The summed E-state index contributed by atoms with van der Waals surface area (Å²) in [5.41, 5.74) is 11.5. The van der Waals surface area contributed by atoms with Gasteiger partial charge in [0.2, 0.25) is 0 Å². The summed E-state index contributed by atoms with van der Waals surface area (Å²) in [7, 11) is 0.725. The minimum atomic E-state index is -0.342. The fourth-order valence-electron chi connectivity index (χ4n) is 0.584. The monoisotopic (exact) mass is 177 g/mol. The van der Waals surface area contributed by atoms with E-state index in [0.29, 0.717) is 0 Å². The molecule has 0 bridgehead atoms. The number of hydrogen-bond acceptors (Lipinski definition) is 2. The Bertz CT molecular complexity index is 136. The molecule has 10 heavy (non-hydrogen) atoms. The van der Waals surface area contributed by atoms with Gasteiger partial charge in [-0.3, -0.25) is 5.73 Å². The molecule has 3 unspecified atom stereocenters. The Morgan fingerprint density at radius 2 is 2.10 bits per heavy atom. The number of hydrogen-bond donors (Lipinski definition) is 2. The van der Waals surface area contributed by atoms with Crippen molar-refractivity contribution in [3.63, 3.8) is 0 Å². The highest BCUT2D eigenvalue weighted by Crippen LogP contribution is 2.20. The highest BCUT2D eigenvalue weighted by atomic mass is 31.1. The van der Waals surface area contributed by atoms with Crippen LogP contribution in [0.1, 0.15) is 0 Å². The van der Waals surface area contributed by atoms with Gasteiger partial charge in [-0.2, -0.15) is 0 Å². The van der Waals surface area contributed by atoms with Crippen molar-refractivity contribution in [2.45, 2.75) is 11.8 Å². The lowest BCUT2D eigenvalue weighted by Gasteiger charge is -2.09. The van der Waals surface area contributed by atoms with Crippen LogP contribution in [-0.2, 0) is 0 Å². The quantitative estimate of drug-likeness (QED) is 0.615. The summed E-state index contributed by atoms with van der Waals surface area (Å²) in [5, 5.41) is 0. The van der Waals surface area contributed by atoms with Crippen LogP contribution in [0.3, 0.4) is 0 Å². The average molecular weight is 177 g/mol. The highest BCUT2D eigenvalue weighted by molar-refractivity contribution is 7.55. The standard InChI is InChI=1S/C6H15N2P2/c1-9-4-5(7)6(8)10(2)3/h5-6H,1-2,4,7-8H2,3H3/q+1. The summed E-state index contributed by atoms with van der Waals surface area (Å²) < 4.78 is 0. The summed E-state index contributed by atoms with van der Waals surface area (Å²) >= 11 is 0. The maximum absolute atomic E-state index is 5.76. The van der Waals surface area contributed by atoms with E-state index >= 15 is 0 Å². The summed E-state index contributed by atoms with van der Waals surface area (Å²) in [4.78, 5) is 0. The number of rotatable bonds is 4. The Hall–Kier alpha value is 0.260. The minimum absolute atomic E-state index is 0.0734. The van der Waals surface area contributed by atoms with Crippen LogP contribution in [0.4, 0.5) is 0 Å². The molecule has 0 aromatic heterocycles. The third-order valence-corrected chi connectivity index (χ3v) is 3.37. The van der Waals surface area contributed by atoms with Gasteiger partial charge in [0.15, 0.2) is 5.78 Å². The fraction of sp³-hybridized carbons (Fsp3) is 0.667. The minimum Gasteiger partial charge on any atom is -0.322 e. The highest BCUT2D eigenvalue weighted by Gasteiger charge is 2.20. The molecule has 0 rings (SSSR count). The maximum atomic E-state index is 5.76. The second kappa shape index (κ2) is 4.98. The Balaban J connectivity index is 3.80. The van der Waals surface area contributed by atoms with E-state index in [1.807, 2.05) is 6.66 Å². The second-order valence-electron chi connectivity index (χ2n) is 2.32. The molecule has 0 saturated carbocycles. The number of nitrogens with two attached hydrogens (primary N) is 2. The predicted octanol–water partition coefficient (Wildman–Crippen LogP) is 0.520. The first kappa shape index (κ1) is 10.3. The van der Waals surface area contributed by atoms with Crippen molar-refractivity contribution in [3.05, 3.63) is 0 Å². The Morgan fingerprint density at radius 1 is 1.60 bits per heavy atom. The van der Waals surface area contributed by atoms with E-state index in [4.69, 9.17) is 11.5 Å². The van der Waals surface area contributed by atoms with Gasteiger partial charge in [-0.05, 0) is 0 Å². The van der Waals surface area contributed by atoms with E-state index in [2.05, 4.69) is 12.6 Å². The fourth-order valence-corrected chi connectivity index (χ4v) is 2.03. The molecule has 0 aliphatic heterocycles. The topological polar surface area (TPSA) is 52.0 Å². The van der Waals surface area contributed by atoms with E-state index < -0.39 is 0 Å². The molecule has 0 amide bonds. The molecule has 0 saturated heterocycles. The maximum Gasteiger partial charge on any atom is 0.179 e. The molecule has 0 fully saturated rings. The van der Waals surface area contributed by atoms with Crippen molar-refractivity contribution in [1.82, 2.24) is 0 Å². The van der Waals surface area contributed by atoms with Gasteiger partial charge in [0.05, 0.1) is 19.0 Å². The molecule has 0 aliphatic carbocycles. The Labute approximate surface area is 65.2 Å². The lowest BCUT2D eigenvalue weighted by atomic mass is 10.4. The Morgan fingerprint density at radius 3 is 2.40 bits per heavy atom. The van der Waals surface area contributed by atoms with Gasteiger partial charge in [-0.1, -0.05) is 6.30 Å². The van der Waals surface area contributed by atoms with Gasteiger partial charge in [-0.15, -0.1) is 8.20 Å². The van der Waals surface area contributed by atoms with Crippen molar-refractivity contribution in [1.29, 1.82) is 0 Å². The largest absolute Gasteiger partial charge is 0.322 e. The van der Waals surface area contributed by atoms with Crippen molar-refractivity contribution >= 4 is 28.3 Å². The average Bonchev–Trinajstić information content (AvgIpc) is 1.87. The molecule has 0 aliphatic rings. The van der Waals surface area contributed by atoms with Gasteiger partial charge in [0.25, 0.3) is 0 Å². The summed E-state index contributed by atoms with van der Waals surface area (Å²) in [5.74, 6) is 0.0734. The molecule has 4 N–H and O–H groups in total. The molecule has 0 spiro atoms. The van der Waals surface area contributed by atoms with Crippen molar-refractivity contribution in [2.75, 3.05) is 12.8 Å². The lowest BCUT2D eigenvalue weighted by molar-refractivity contribution is 0.715. The Kier molecular flexibility index (Phi) is 5.11. The van der Waals surface area contributed by atoms with Crippen molar-refractivity contribution in [3.8, 4) is 0 Å². The van der Waals surface area contributed by atoms with Gasteiger partial charge in [0, 0.05) is 6.16 Å². The van der Waals surface area contributed by atoms with Crippen LogP contribution in [0, 0.1) is 0 Å². The van der Waals surface area contributed by atoms with E-state index in [1.54, 1.807) is 0 Å². The normalized spacial score (nSPS) is 18.5. The first-order chi connectivity index (χ1) is 4.59. The summed E-state index contributed by atoms with van der Waals surface area (Å²) in [6.07, 6.45) is 8.45. The van der Waals surface area contributed by atoms with Gasteiger partial charge in [-0.25, -0.2) is 0 Å². The molecule has 3 atom stereocenters. The van der Waals surface area contributed by atoms with Crippen LogP contribution in [0.5, 0.6) is 0 Å². The van der Waals surface area contributed by atoms with E-state index in [-0.39, 0.29) is 19.4 Å². The third kappa shape index (κ3) is 3.43. The zero-order valence-electron chi connectivity index (χ0n) is 6.33. The smallest absolute Gasteiger partial charge is 0.179 e. The zero-order valence-corrected chi connectivity index (χ0v) is 8.11. The van der Waals surface area contributed by atoms with Gasteiger partial charge < -0.3 is 5.73 Å². The molecule has 58 valence electrons. The van der Waals surface area contributed by atoms with Crippen LogP contribution in [-0.4, -0.2) is 37.3 Å². The molecule has 4 heteroatoms. The first-order valence-electron chi connectivity index (χ1n) is 3.06. The van der Waals surface area contributed by atoms with Crippen LogP contribution < -0.4 is 11.5 Å². The molecule has 2 nitrogen and oxygen atoms in total. The van der Waals surface area contributed by atoms with E-state index in [0.717, 1.165) is 14.4 Å².